The van der Waals surface area contributed by atoms with Crippen LogP contribution < -0.4 is 15.0 Å². The second-order valence-electron chi connectivity index (χ2n) is 9.88. The van der Waals surface area contributed by atoms with Gasteiger partial charge < -0.3 is 24.4 Å². The van der Waals surface area contributed by atoms with Crippen LogP contribution in [0.15, 0.2) is 71.1 Å². The van der Waals surface area contributed by atoms with Gasteiger partial charge in [0.1, 0.15) is 11.7 Å². The number of methoxy groups -OCH3 is 1. The molecule has 8 heteroatoms. The van der Waals surface area contributed by atoms with Crippen LogP contribution in [0, 0.1) is 5.92 Å². The number of dihydropyridines is 1. The summed E-state index contributed by atoms with van der Waals surface area (Å²) < 4.78 is 16.3. The van der Waals surface area contributed by atoms with Crippen molar-refractivity contribution in [2.24, 2.45) is 5.92 Å². The minimum absolute atomic E-state index is 0.153. The van der Waals surface area contributed by atoms with E-state index >= 15 is 0 Å². The molecule has 0 unspecified atom stereocenters. The summed E-state index contributed by atoms with van der Waals surface area (Å²) in [6.07, 6.45) is 0.386. The first-order chi connectivity index (χ1) is 18.7. The van der Waals surface area contributed by atoms with Crippen LogP contribution in [0.2, 0.25) is 0 Å². The fraction of sp³-hybridized carbons (Fsp3) is 0.387. The van der Waals surface area contributed by atoms with Crippen molar-refractivity contribution in [3.05, 3.63) is 82.2 Å². The summed E-state index contributed by atoms with van der Waals surface area (Å²) in [7, 11) is 5.47. The Morgan fingerprint density at radius 1 is 1.00 bits per heavy atom. The Morgan fingerprint density at radius 3 is 2.31 bits per heavy atom. The molecule has 8 nitrogen and oxygen atoms in total. The van der Waals surface area contributed by atoms with E-state index in [1.54, 1.807) is 21.0 Å². The van der Waals surface area contributed by atoms with Gasteiger partial charge in [-0.15, -0.1) is 0 Å². The predicted molar refractivity (Wildman–Crippen MR) is 148 cm³/mol. The first-order valence-electron chi connectivity index (χ1n) is 13.2. The summed E-state index contributed by atoms with van der Waals surface area (Å²) >= 11 is 0. The molecule has 206 valence electrons. The smallest absolute Gasteiger partial charge is 0.336 e. The Labute approximate surface area is 229 Å². The lowest BCUT2D eigenvalue weighted by molar-refractivity contribution is -0.152. The zero-order valence-electron chi connectivity index (χ0n) is 23.4. The third-order valence-corrected chi connectivity index (χ3v) is 7.32. The standard InChI is InChI=1S/C31H36N2O6/c1-7-38-30(35)25-18(3)32-24-17-23(20-10-9-11-22(16-20)37-6)27(31(36)39-8-2)29(34)28(24)26(25)19-12-14-21(15-13-19)33(4)5/h9-16,23,26-27,32H,7-8,17H2,1-6H3/t23-,26-,27-/m1/s1. The summed E-state index contributed by atoms with van der Waals surface area (Å²) in [6.45, 7) is 5.64. The number of carbonyl (C=O) groups excluding carboxylic acids is 3. The number of ether oxygens (including phenoxy) is 3. The fourth-order valence-corrected chi connectivity index (χ4v) is 5.50. The highest BCUT2D eigenvalue weighted by atomic mass is 16.5. The van der Waals surface area contributed by atoms with Crippen LogP contribution in [0.4, 0.5) is 5.69 Å². The van der Waals surface area contributed by atoms with Gasteiger partial charge in [-0.05, 0) is 62.6 Å². The van der Waals surface area contributed by atoms with Crippen molar-refractivity contribution < 1.29 is 28.6 Å². The van der Waals surface area contributed by atoms with E-state index in [2.05, 4.69) is 5.32 Å². The molecule has 4 rings (SSSR count). The lowest BCUT2D eigenvalue weighted by Gasteiger charge is -2.39. The van der Waals surface area contributed by atoms with Crippen molar-refractivity contribution in [1.29, 1.82) is 0 Å². The molecule has 0 saturated heterocycles. The Morgan fingerprint density at radius 2 is 1.69 bits per heavy atom. The first kappa shape index (κ1) is 28.0. The number of carbonyl (C=O) groups is 3. The van der Waals surface area contributed by atoms with E-state index in [1.807, 2.05) is 74.4 Å². The molecule has 0 fully saturated rings. The molecule has 0 bridgehead atoms. The van der Waals surface area contributed by atoms with Gasteiger partial charge in [0.15, 0.2) is 5.78 Å². The van der Waals surface area contributed by atoms with Crippen LogP contribution in [-0.2, 0) is 23.9 Å². The molecule has 2 aromatic carbocycles. The van der Waals surface area contributed by atoms with Gasteiger partial charge in [0.05, 0.1) is 25.9 Å². The van der Waals surface area contributed by atoms with E-state index in [0.717, 1.165) is 16.8 Å². The quantitative estimate of drug-likeness (QED) is 0.393. The number of anilines is 1. The highest BCUT2D eigenvalue weighted by Crippen LogP contribution is 2.48. The minimum Gasteiger partial charge on any atom is -0.497 e. The molecular weight excluding hydrogens is 496 g/mol. The van der Waals surface area contributed by atoms with Gasteiger partial charge in [0.25, 0.3) is 0 Å². The monoisotopic (exact) mass is 532 g/mol. The Hall–Kier alpha value is -4.07. The van der Waals surface area contributed by atoms with Gasteiger partial charge in [-0.2, -0.15) is 0 Å². The van der Waals surface area contributed by atoms with E-state index in [9.17, 15) is 14.4 Å². The van der Waals surface area contributed by atoms with Crippen molar-refractivity contribution in [1.82, 2.24) is 5.32 Å². The molecule has 0 radical (unpaired) electrons. The molecule has 1 N–H and O–H groups in total. The summed E-state index contributed by atoms with van der Waals surface area (Å²) in [4.78, 5) is 43.0. The molecule has 1 aliphatic heterocycles. The molecule has 2 aliphatic rings. The highest BCUT2D eigenvalue weighted by Gasteiger charge is 2.49. The van der Waals surface area contributed by atoms with Gasteiger partial charge in [-0.25, -0.2) is 4.79 Å². The molecule has 39 heavy (non-hydrogen) atoms. The number of ketones is 1. The van der Waals surface area contributed by atoms with Crippen molar-refractivity contribution in [2.75, 3.05) is 39.3 Å². The van der Waals surface area contributed by atoms with Gasteiger partial charge >= 0.3 is 11.9 Å². The van der Waals surface area contributed by atoms with E-state index in [0.29, 0.717) is 34.7 Å². The summed E-state index contributed by atoms with van der Waals surface area (Å²) in [6, 6.07) is 15.2. The Kier molecular flexibility index (Phi) is 8.43. The second kappa shape index (κ2) is 11.8. The lowest BCUT2D eigenvalue weighted by Crippen LogP contribution is -2.43. The van der Waals surface area contributed by atoms with E-state index in [4.69, 9.17) is 14.2 Å². The highest BCUT2D eigenvalue weighted by molar-refractivity contribution is 6.13. The maximum Gasteiger partial charge on any atom is 0.336 e. The van der Waals surface area contributed by atoms with E-state index in [1.165, 1.54) is 0 Å². The largest absolute Gasteiger partial charge is 0.497 e. The average molecular weight is 533 g/mol. The average Bonchev–Trinajstić information content (AvgIpc) is 2.92. The van der Waals surface area contributed by atoms with Gasteiger partial charge in [0.2, 0.25) is 0 Å². The molecule has 1 aliphatic carbocycles. The summed E-state index contributed by atoms with van der Waals surface area (Å²) in [5.74, 6) is -3.01. The van der Waals surface area contributed by atoms with Crippen molar-refractivity contribution in [3.8, 4) is 5.75 Å². The number of esters is 2. The molecule has 0 saturated carbocycles. The third-order valence-electron chi connectivity index (χ3n) is 7.32. The number of Topliss-reactive ketones (excluding diaryl/α,β-unsaturated/α-hetero) is 1. The minimum atomic E-state index is -1.07. The molecule has 0 spiro atoms. The van der Waals surface area contributed by atoms with E-state index < -0.39 is 29.7 Å². The molecule has 0 amide bonds. The number of rotatable bonds is 8. The second-order valence-corrected chi connectivity index (χ2v) is 9.88. The van der Waals surface area contributed by atoms with Crippen LogP contribution in [0.25, 0.3) is 0 Å². The number of allylic oxidation sites excluding steroid dienone is 3. The maximum atomic E-state index is 14.4. The maximum absolute atomic E-state index is 14.4. The molecule has 1 heterocycles. The van der Waals surface area contributed by atoms with Gasteiger partial charge in [-0.1, -0.05) is 24.3 Å². The Balaban J connectivity index is 1.89. The van der Waals surface area contributed by atoms with Crippen LogP contribution in [0.1, 0.15) is 50.2 Å². The third kappa shape index (κ3) is 5.41. The normalized spacial score (nSPS) is 20.7. The number of nitrogens with one attached hydrogen (secondary N) is 1. The van der Waals surface area contributed by atoms with Gasteiger partial charge in [-0.3, -0.25) is 9.59 Å². The van der Waals surface area contributed by atoms with Gasteiger partial charge in [0, 0.05) is 48.6 Å². The predicted octanol–water partition coefficient (Wildman–Crippen LogP) is 4.48. The molecular formula is C31H36N2O6. The molecule has 2 aromatic rings. The fourth-order valence-electron chi connectivity index (χ4n) is 5.50. The Bertz CT molecular complexity index is 1320. The topological polar surface area (TPSA) is 94.2 Å². The first-order valence-corrected chi connectivity index (χ1v) is 13.2. The number of benzene rings is 2. The number of nitrogens with zero attached hydrogens (tertiary/aromatic N) is 1. The molecule has 0 aromatic heterocycles. The lowest BCUT2D eigenvalue weighted by atomic mass is 9.67. The summed E-state index contributed by atoms with van der Waals surface area (Å²) in [5, 5.41) is 3.33. The summed E-state index contributed by atoms with van der Waals surface area (Å²) in [5.41, 5.74) is 4.65. The van der Waals surface area contributed by atoms with Crippen LogP contribution in [-0.4, -0.2) is 52.1 Å². The van der Waals surface area contributed by atoms with Crippen LogP contribution in [0.3, 0.4) is 0 Å². The van der Waals surface area contributed by atoms with Crippen molar-refractivity contribution >= 4 is 23.4 Å². The number of hydrogen-bond acceptors (Lipinski definition) is 8. The van der Waals surface area contributed by atoms with Crippen molar-refractivity contribution in [3.63, 3.8) is 0 Å². The van der Waals surface area contributed by atoms with Crippen LogP contribution in [0.5, 0.6) is 5.75 Å². The molecule has 3 atom stereocenters. The van der Waals surface area contributed by atoms with Crippen molar-refractivity contribution in [2.45, 2.75) is 39.0 Å². The number of hydrogen-bond donors (Lipinski definition) is 1. The SMILES string of the molecule is CCOC(=O)C1=C(C)NC2=C(C(=O)[C@H](C(=O)OCC)[C@@H](c3cccc(OC)c3)C2)[C@@H]1c1ccc(N(C)C)cc1. The van der Waals surface area contributed by atoms with Crippen LogP contribution >= 0.6 is 0 Å². The van der Waals surface area contributed by atoms with E-state index in [-0.39, 0.29) is 19.0 Å². The zero-order chi connectivity index (χ0) is 28.3. The zero-order valence-corrected chi connectivity index (χ0v) is 23.4.